The first-order valence-corrected chi connectivity index (χ1v) is 14.9. The van der Waals surface area contributed by atoms with Gasteiger partial charge in [-0.3, -0.25) is 14.7 Å². The lowest BCUT2D eigenvalue weighted by atomic mass is 10.1. The number of hydrogen-bond acceptors (Lipinski definition) is 6. The van der Waals surface area contributed by atoms with Gasteiger partial charge in [0, 0.05) is 50.9 Å². The lowest BCUT2D eigenvalue weighted by molar-refractivity contribution is -0.130. The number of fused-ring (bicyclic) bond motifs is 1. The Hall–Kier alpha value is -2.46. The summed E-state index contributed by atoms with van der Waals surface area (Å²) in [4.78, 5) is 22.0. The summed E-state index contributed by atoms with van der Waals surface area (Å²) >= 11 is 1.75. The van der Waals surface area contributed by atoms with Crippen molar-refractivity contribution in [2.75, 3.05) is 39.3 Å². The molecule has 7 nitrogen and oxygen atoms in total. The van der Waals surface area contributed by atoms with Gasteiger partial charge in [0.05, 0.1) is 10.8 Å². The molecule has 9 heteroatoms. The molecule has 0 unspecified atom stereocenters. The SMILES string of the molecule is CC[C@H]1S[C@H](c2ccccc2C)N(CCN2CCN(S(=O)(=O)c3cccc4cccnc34)CC2)C1=O. The molecule has 0 N–H and O–H groups in total. The Morgan fingerprint density at radius 1 is 0.972 bits per heavy atom. The molecule has 2 aromatic carbocycles. The summed E-state index contributed by atoms with van der Waals surface area (Å²) in [6, 6.07) is 17.3. The van der Waals surface area contributed by atoms with Crippen LogP contribution in [-0.2, 0) is 14.8 Å². The highest BCUT2D eigenvalue weighted by Crippen LogP contribution is 2.44. The lowest BCUT2D eigenvalue weighted by Gasteiger charge is -2.35. The summed E-state index contributed by atoms with van der Waals surface area (Å²) in [5.41, 5.74) is 2.91. The van der Waals surface area contributed by atoms with Crippen LogP contribution in [0.25, 0.3) is 10.9 Å². The molecule has 1 amide bonds. The molecule has 0 radical (unpaired) electrons. The molecule has 0 saturated carbocycles. The fraction of sp³-hybridized carbons (Fsp3) is 0.407. The highest BCUT2D eigenvalue weighted by Gasteiger charge is 2.40. The Kier molecular flexibility index (Phi) is 7.35. The second kappa shape index (κ2) is 10.5. The van der Waals surface area contributed by atoms with Crippen molar-refractivity contribution in [2.45, 2.75) is 35.8 Å². The van der Waals surface area contributed by atoms with E-state index in [-0.39, 0.29) is 21.4 Å². The zero-order valence-corrected chi connectivity index (χ0v) is 22.3. The molecule has 1 aromatic heterocycles. The number of sulfonamides is 1. The fourth-order valence-electron chi connectivity index (χ4n) is 5.06. The van der Waals surface area contributed by atoms with E-state index in [1.165, 1.54) is 11.1 Å². The molecule has 36 heavy (non-hydrogen) atoms. The maximum Gasteiger partial charge on any atom is 0.245 e. The summed E-state index contributed by atoms with van der Waals surface area (Å²) < 4.78 is 28.4. The van der Waals surface area contributed by atoms with Crippen molar-refractivity contribution < 1.29 is 13.2 Å². The topological polar surface area (TPSA) is 73.8 Å². The first-order chi connectivity index (χ1) is 17.4. The van der Waals surface area contributed by atoms with Gasteiger partial charge < -0.3 is 4.90 Å². The number of benzene rings is 2. The van der Waals surface area contributed by atoms with E-state index in [4.69, 9.17) is 0 Å². The number of rotatable bonds is 7. The number of aromatic nitrogens is 1. The van der Waals surface area contributed by atoms with E-state index in [1.807, 2.05) is 35.2 Å². The third-order valence-electron chi connectivity index (χ3n) is 7.16. The lowest BCUT2D eigenvalue weighted by Crippen LogP contribution is -2.50. The van der Waals surface area contributed by atoms with E-state index < -0.39 is 10.0 Å². The van der Waals surface area contributed by atoms with E-state index in [0.717, 1.165) is 18.4 Å². The van der Waals surface area contributed by atoms with Crippen molar-refractivity contribution in [3.8, 4) is 0 Å². The molecular weight excluding hydrogens is 492 g/mol. The van der Waals surface area contributed by atoms with Gasteiger partial charge >= 0.3 is 0 Å². The highest BCUT2D eigenvalue weighted by atomic mass is 32.2. The van der Waals surface area contributed by atoms with Gasteiger partial charge in [-0.1, -0.05) is 49.4 Å². The van der Waals surface area contributed by atoms with Crippen molar-refractivity contribution in [3.63, 3.8) is 0 Å². The number of hydrogen-bond donors (Lipinski definition) is 0. The molecular formula is C27H32N4O3S2. The molecule has 0 spiro atoms. The Balaban J connectivity index is 1.24. The van der Waals surface area contributed by atoms with Crippen LogP contribution in [0.2, 0.25) is 0 Å². The zero-order chi connectivity index (χ0) is 25.3. The summed E-state index contributed by atoms with van der Waals surface area (Å²) in [5.74, 6) is 0.209. The van der Waals surface area contributed by atoms with Crippen molar-refractivity contribution >= 4 is 38.6 Å². The van der Waals surface area contributed by atoms with Crippen LogP contribution in [0, 0.1) is 6.92 Å². The molecule has 5 rings (SSSR count). The quantitative estimate of drug-likeness (QED) is 0.467. The minimum Gasteiger partial charge on any atom is -0.324 e. The van der Waals surface area contributed by atoms with Crippen LogP contribution in [0.5, 0.6) is 0 Å². The van der Waals surface area contributed by atoms with Gasteiger partial charge in [-0.2, -0.15) is 4.31 Å². The predicted octanol–water partition coefficient (Wildman–Crippen LogP) is 3.90. The molecule has 2 aliphatic rings. The summed E-state index contributed by atoms with van der Waals surface area (Å²) in [6.45, 7) is 7.66. The first-order valence-electron chi connectivity index (χ1n) is 12.5. The van der Waals surface area contributed by atoms with E-state index in [2.05, 4.69) is 35.9 Å². The van der Waals surface area contributed by atoms with Crippen molar-refractivity contribution in [3.05, 3.63) is 71.9 Å². The largest absolute Gasteiger partial charge is 0.324 e. The fourth-order valence-corrected chi connectivity index (χ4v) is 8.17. The van der Waals surface area contributed by atoms with Crippen LogP contribution in [0.3, 0.4) is 0 Å². The Bertz CT molecular complexity index is 1350. The van der Waals surface area contributed by atoms with E-state index in [1.54, 1.807) is 34.4 Å². The van der Waals surface area contributed by atoms with Crippen LogP contribution in [-0.4, -0.2) is 77.9 Å². The molecule has 2 saturated heterocycles. The smallest absolute Gasteiger partial charge is 0.245 e. The van der Waals surface area contributed by atoms with E-state index in [9.17, 15) is 13.2 Å². The number of aryl methyl sites for hydroxylation is 1. The monoisotopic (exact) mass is 524 g/mol. The third kappa shape index (κ3) is 4.77. The molecule has 2 fully saturated rings. The van der Waals surface area contributed by atoms with Gasteiger partial charge in [-0.25, -0.2) is 8.42 Å². The number of pyridine rings is 1. The standard InChI is InChI=1S/C27H32N4O3S2/c1-3-23-26(32)31(27(35-23)22-11-5-4-8-20(22)2)19-16-29-14-17-30(18-15-29)36(33,34)24-12-6-9-21-10-7-13-28-25(21)24/h4-13,23,27H,3,14-19H2,1-2H3/t23-,27-/m1/s1. The molecule has 190 valence electrons. The van der Waals surface area contributed by atoms with Gasteiger partial charge in [0.2, 0.25) is 15.9 Å². The maximum absolute atomic E-state index is 13.4. The average Bonchev–Trinajstić information content (AvgIpc) is 3.22. The minimum atomic E-state index is -3.64. The number of para-hydroxylation sites is 1. The molecule has 2 aliphatic heterocycles. The van der Waals surface area contributed by atoms with Gasteiger partial charge in [-0.15, -0.1) is 11.8 Å². The van der Waals surface area contributed by atoms with Crippen molar-refractivity contribution in [2.24, 2.45) is 0 Å². The molecule has 2 atom stereocenters. The van der Waals surface area contributed by atoms with Crippen LogP contribution in [0.4, 0.5) is 0 Å². The van der Waals surface area contributed by atoms with Crippen LogP contribution < -0.4 is 0 Å². The molecule has 3 heterocycles. The van der Waals surface area contributed by atoms with Gasteiger partial charge in [-0.05, 0) is 36.6 Å². The first kappa shape index (κ1) is 25.2. The number of thioether (sulfide) groups is 1. The van der Waals surface area contributed by atoms with Crippen molar-refractivity contribution in [1.29, 1.82) is 0 Å². The second-order valence-corrected chi connectivity index (χ2v) is 12.5. The van der Waals surface area contributed by atoms with Gasteiger partial charge in [0.15, 0.2) is 0 Å². The third-order valence-corrected chi connectivity index (χ3v) is 10.7. The Morgan fingerprint density at radius 3 is 2.47 bits per heavy atom. The molecule has 0 aliphatic carbocycles. The predicted molar refractivity (Wildman–Crippen MR) is 144 cm³/mol. The zero-order valence-electron chi connectivity index (χ0n) is 20.7. The number of nitrogens with zero attached hydrogens (tertiary/aromatic N) is 4. The summed E-state index contributed by atoms with van der Waals surface area (Å²) in [7, 11) is -3.64. The van der Waals surface area contributed by atoms with Gasteiger partial charge in [0.1, 0.15) is 10.3 Å². The summed E-state index contributed by atoms with van der Waals surface area (Å²) in [5, 5.41) is 0.842. The number of carbonyl (C=O) groups excluding carboxylic acids is 1. The van der Waals surface area contributed by atoms with E-state index >= 15 is 0 Å². The molecule has 3 aromatic rings. The Morgan fingerprint density at radius 2 is 1.72 bits per heavy atom. The van der Waals surface area contributed by atoms with Gasteiger partial charge in [0.25, 0.3) is 0 Å². The number of amides is 1. The minimum absolute atomic E-state index is 0.00842. The average molecular weight is 525 g/mol. The maximum atomic E-state index is 13.4. The van der Waals surface area contributed by atoms with Crippen molar-refractivity contribution in [1.82, 2.24) is 19.1 Å². The summed E-state index contributed by atoms with van der Waals surface area (Å²) in [6.07, 6.45) is 2.45. The number of piperazine rings is 1. The van der Waals surface area contributed by atoms with Crippen LogP contribution in [0.1, 0.15) is 29.8 Å². The van der Waals surface area contributed by atoms with E-state index in [0.29, 0.717) is 38.2 Å². The molecule has 0 bridgehead atoms. The highest BCUT2D eigenvalue weighted by molar-refractivity contribution is 8.01. The second-order valence-electron chi connectivity index (χ2n) is 9.35. The number of carbonyl (C=O) groups is 1. The Labute approximate surface area is 217 Å². The van der Waals surface area contributed by atoms with Crippen LogP contribution >= 0.6 is 11.8 Å². The normalized spacial score (nSPS) is 21.9. The van der Waals surface area contributed by atoms with Crippen LogP contribution in [0.15, 0.2) is 65.7 Å².